The van der Waals surface area contributed by atoms with E-state index in [0.29, 0.717) is 12.3 Å². The zero-order chi connectivity index (χ0) is 5.28. The fourth-order valence-electron chi connectivity index (χ4n) is 0.569. The standard InChI is InChI=1S/C5H8O2.Na/c6-5(7)3-4-1-2-4;/h4H,1-3H2,(H,6,7);. The van der Waals surface area contributed by atoms with E-state index in [1.54, 1.807) is 0 Å². The second kappa shape index (κ2) is 3.49. The summed E-state index contributed by atoms with van der Waals surface area (Å²) in [5.41, 5.74) is 0. The van der Waals surface area contributed by atoms with E-state index in [2.05, 4.69) is 0 Å². The molecule has 41 valence electrons. The Hall–Kier alpha value is 0.470. The molecule has 1 N–H and O–H groups in total. The van der Waals surface area contributed by atoms with E-state index in [4.69, 9.17) is 5.11 Å². The smallest absolute Gasteiger partial charge is 0.303 e. The van der Waals surface area contributed by atoms with Crippen LogP contribution in [0, 0.1) is 5.92 Å². The molecular formula is C5H8NaO2. The maximum atomic E-state index is 9.85. The Kier molecular flexibility index (Phi) is 3.69. The van der Waals surface area contributed by atoms with Crippen LogP contribution in [0.4, 0.5) is 0 Å². The van der Waals surface area contributed by atoms with Crippen LogP contribution in [0.25, 0.3) is 0 Å². The van der Waals surface area contributed by atoms with E-state index >= 15 is 0 Å². The number of carboxylic acids is 1. The topological polar surface area (TPSA) is 37.3 Å². The van der Waals surface area contributed by atoms with Crippen molar-refractivity contribution in [3.05, 3.63) is 0 Å². The van der Waals surface area contributed by atoms with Gasteiger partial charge in [0.1, 0.15) is 0 Å². The van der Waals surface area contributed by atoms with Gasteiger partial charge >= 0.3 is 5.97 Å². The molecule has 0 atom stereocenters. The summed E-state index contributed by atoms with van der Waals surface area (Å²) in [4.78, 5) is 9.85. The number of carboxylic acid groups (broad SMARTS) is 1. The van der Waals surface area contributed by atoms with Gasteiger partial charge in [0.2, 0.25) is 0 Å². The third-order valence-corrected chi connectivity index (χ3v) is 1.16. The van der Waals surface area contributed by atoms with Crippen molar-refractivity contribution in [1.82, 2.24) is 0 Å². The fraction of sp³-hybridized carbons (Fsp3) is 0.800. The van der Waals surface area contributed by atoms with Crippen LogP contribution in [0.1, 0.15) is 19.3 Å². The second-order valence-electron chi connectivity index (χ2n) is 2.04. The Morgan fingerprint density at radius 1 is 1.62 bits per heavy atom. The average molecular weight is 123 g/mol. The number of rotatable bonds is 2. The second-order valence-corrected chi connectivity index (χ2v) is 2.04. The molecule has 0 aliphatic heterocycles. The molecule has 1 aliphatic rings. The molecule has 0 bridgehead atoms. The van der Waals surface area contributed by atoms with Crippen LogP contribution in [0.3, 0.4) is 0 Å². The van der Waals surface area contributed by atoms with Crippen molar-refractivity contribution in [2.24, 2.45) is 5.92 Å². The minimum Gasteiger partial charge on any atom is -0.481 e. The van der Waals surface area contributed by atoms with Gasteiger partial charge in [0.15, 0.2) is 0 Å². The van der Waals surface area contributed by atoms with Gasteiger partial charge in [-0.15, -0.1) is 0 Å². The van der Waals surface area contributed by atoms with Gasteiger partial charge in [-0.1, -0.05) is 0 Å². The molecule has 0 unspecified atom stereocenters. The third kappa shape index (κ3) is 3.47. The molecule has 0 saturated heterocycles. The molecule has 0 aromatic heterocycles. The molecule has 1 radical (unpaired) electrons. The zero-order valence-corrected chi connectivity index (χ0v) is 7.05. The maximum absolute atomic E-state index is 9.85. The van der Waals surface area contributed by atoms with E-state index in [0.717, 1.165) is 12.8 Å². The van der Waals surface area contributed by atoms with Crippen molar-refractivity contribution in [1.29, 1.82) is 0 Å². The van der Waals surface area contributed by atoms with Gasteiger partial charge in [0, 0.05) is 36.0 Å². The Bertz CT molecular complexity index is 88.4. The molecule has 0 aromatic carbocycles. The summed E-state index contributed by atoms with van der Waals surface area (Å²) in [7, 11) is 0. The molecule has 3 heteroatoms. The third-order valence-electron chi connectivity index (χ3n) is 1.16. The predicted octanol–water partition coefficient (Wildman–Crippen LogP) is 0.490. The average Bonchev–Trinajstić information content (AvgIpc) is 2.17. The summed E-state index contributed by atoms with van der Waals surface area (Å²) in [6.07, 6.45) is 2.65. The number of carbonyl (C=O) groups is 1. The number of hydrogen-bond acceptors (Lipinski definition) is 1. The molecule has 1 aliphatic carbocycles. The maximum Gasteiger partial charge on any atom is 0.303 e. The Balaban J connectivity index is 0.000000490. The van der Waals surface area contributed by atoms with Gasteiger partial charge in [-0.25, -0.2) is 0 Å². The molecule has 1 rings (SSSR count). The summed E-state index contributed by atoms with van der Waals surface area (Å²) in [6, 6.07) is 0. The van der Waals surface area contributed by atoms with Crippen molar-refractivity contribution >= 4 is 35.5 Å². The van der Waals surface area contributed by atoms with E-state index in [-0.39, 0.29) is 29.6 Å². The molecule has 0 spiro atoms. The summed E-state index contributed by atoms with van der Waals surface area (Å²) in [5, 5.41) is 8.12. The van der Waals surface area contributed by atoms with Crippen molar-refractivity contribution < 1.29 is 9.90 Å². The molecule has 0 heterocycles. The first-order valence-corrected chi connectivity index (χ1v) is 2.51. The van der Waals surface area contributed by atoms with Gasteiger partial charge in [0.05, 0.1) is 0 Å². The summed E-state index contributed by atoms with van der Waals surface area (Å²) < 4.78 is 0. The Morgan fingerprint density at radius 3 is 2.25 bits per heavy atom. The van der Waals surface area contributed by atoms with Gasteiger partial charge < -0.3 is 5.11 Å². The molecule has 0 aromatic rings. The Morgan fingerprint density at radius 2 is 2.12 bits per heavy atom. The van der Waals surface area contributed by atoms with Crippen LogP contribution in [0.2, 0.25) is 0 Å². The summed E-state index contributed by atoms with van der Waals surface area (Å²) in [6.45, 7) is 0. The summed E-state index contributed by atoms with van der Waals surface area (Å²) >= 11 is 0. The van der Waals surface area contributed by atoms with Gasteiger partial charge in [0.25, 0.3) is 0 Å². The molecule has 0 amide bonds. The van der Waals surface area contributed by atoms with Crippen LogP contribution >= 0.6 is 0 Å². The number of hydrogen-bond donors (Lipinski definition) is 1. The van der Waals surface area contributed by atoms with Crippen LogP contribution < -0.4 is 0 Å². The van der Waals surface area contributed by atoms with E-state index in [1.165, 1.54) is 0 Å². The zero-order valence-electron chi connectivity index (χ0n) is 5.05. The molecule has 1 fully saturated rings. The Labute approximate surface area is 70.6 Å². The predicted molar refractivity (Wildman–Crippen MR) is 30.7 cm³/mol. The minimum atomic E-state index is -0.650. The van der Waals surface area contributed by atoms with E-state index in [9.17, 15) is 4.79 Å². The SMILES string of the molecule is O=C(O)CC1CC1.[Na]. The van der Waals surface area contributed by atoms with Crippen LogP contribution in [0.15, 0.2) is 0 Å². The molecule has 2 nitrogen and oxygen atoms in total. The molecular weight excluding hydrogens is 115 g/mol. The van der Waals surface area contributed by atoms with Gasteiger partial charge in [-0.3, -0.25) is 4.79 Å². The normalized spacial score (nSPS) is 17.0. The van der Waals surface area contributed by atoms with Crippen LogP contribution in [-0.4, -0.2) is 40.6 Å². The van der Waals surface area contributed by atoms with Crippen molar-refractivity contribution in [2.75, 3.05) is 0 Å². The van der Waals surface area contributed by atoms with E-state index in [1.807, 2.05) is 0 Å². The van der Waals surface area contributed by atoms with Crippen molar-refractivity contribution in [2.45, 2.75) is 19.3 Å². The first kappa shape index (κ1) is 8.47. The van der Waals surface area contributed by atoms with Gasteiger partial charge in [-0.2, -0.15) is 0 Å². The van der Waals surface area contributed by atoms with Crippen molar-refractivity contribution in [3.63, 3.8) is 0 Å². The number of aliphatic carboxylic acids is 1. The van der Waals surface area contributed by atoms with E-state index < -0.39 is 5.97 Å². The quantitative estimate of drug-likeness (QED) is 0.542. The van der Waals surface area contributed by atoms with Crippen molar-refractivity contribution in [3.8, 4) is 0 Å². The fourth-order valence-corrected chi connectivity index (χ4v) is 0.569. The van der Waals surface area contributed by atoms with Crippen LogP contribution in [-0.2, 0) is 4.79 Å². The molecule has 8 heavy (non-hydrogen) atoms. The summed E-state index contributed by atoms with van der Waals surface area (Å²) in [5.74, 6) is -0.125. The first-order valence-electron chi connectivity index (χ1n) is 2.51. The first-order chi connectivity index (χ1) is 3.29. The molecule has 1 saturated carbocycles. The largest absolute Gasteiger partial charge is 0.481 e. The monoisotopic (exact) mass is 123 g/mol. The van der Waals surface area contributed by atoms with Gasteiger partial charge in [-0.05, 0) is 18.8 Å². The van der Waals surface area contributed by atoms with Crippen LogP contribution in [0.5, 0.6) is 0 Å². The minimum absolute atomic E-state index is 0.